The van der Waals surface area contributed by atoms with Gasteiger partial charge in [0, 0.05) is 31.5 Å². The lowest BCUT2D eigenvalue weighted by molar-refractivity contribution is -0.122. The molecule has 43 heavy (non-hydrogen) atoms. The maximum Gasteiger partial charge on any atom is 0.220 e. The van der Waals surface area contributed by atoms with E-state index < -0.39 is 9.84 Å². The van der Waals surface area contributed by atoms with Gasteiger partial charge >= 0.3 is 0 Å². The number of aryl methyl sites for hydroxylation is 1. The Labute approximate surface area is 252 Å². The second-order valence-corrected chi connectivity index (χ2v) is 13.2. The van der Waals surface area contributed by atoms with E-state index in [9.17, 15) is 22.8 Å². The van der Waals surface area contributed by atoms with E-state index in [4.69, 9.17) is 14.2 Å². The smallest absolute Gasteiger partial charge is 0.220 e. The summed E-state index contributed by atoms with van der Waals surface area (Å²) >= 11 is 0. The van der Waals surface area contributed by atoms with Crippen LogP contribution in [0.1, 0.15) is 62.6 Å². The molecule has 0 aromatic heterocycles. The average Bonchev–Trinajstić information content (AvgIpc) is 3.13. The predicted octanol–water partition coefficient (Wildman–Crippen LogP) is 3.14. The van der Waals surface area contributed by atoms with Gasteiger partial charge in [0.1, 0.15) is 0 Å². The molecule has 12 heteroatoms. The molecule has 0 bridgehead atoms. The SMILES string of the molecule is COc1cc2c(c(OC)c1OC)-c1ccc(NCCCCCC(=O)N[C@@H]3CCS(=O)(=O)C3)c(=O)cc1[C@@H](NC(C)=O)CC2. The van der Waals surface area contributed by atoms with Crippen LogP contribution in [0.2, 0.25) is 0 Å². The first-order valence-electron chi connectivity index (χ1n) is 14.6. The number of nitrogens with one attached hydrogen (secondary N) is 3. The van der Waals surface area contributed by atoms with Gasteiger partial charge in [0.25, 0.3) is 0 Å². The molecule has 0 radical (unpaired) electrons. The molecule has 0 saturated carbocycles. The summed E-state index contributed by atoms with van der Waals surface area (Å²) in [5, 5.41) is 9.05. The van der Waals surface area contributed by atoms with Crippen LogP contribution in [-0.2, 0) is 25.8 Å². The van der Waals surface area contributed by atoms with E-state index in [1.165, 1.54) is 6.92 Å². The van der Waals surface area contributed by atoms with Crippen LogP contribution in [0.4, 0.5) is 5.69 Å². The molecular weight excluding hydrogens is 574 g/mol. The van der Waals surface area contributed by atoms with Crippen molar-refractivity contribution in [2.24, 2.45) is 0 Å². The zero-order valence-corrected chi connectivity index (χ0v) is 26.0. The Balaban J connectivity index is 1.50. The molecule has 0 unspecified atom stereocenters. The lowest BCUT2D eigenvalue weighted by Gasteiger charge is -2.19. The standard InChI is InChI=1S/C31H41N3O8S/c1-19(35)33-24-11-9-20-16-27(40-2)30(41-3)31(42-4)29(20)22-10-12-25(26(36)17-23(22)24)32-14-7-5-6-8-28(37)34-21-13-15-43(38,39)18-21/h10,12,16-17,21,24H,5-9,11,13-15,18H2,1-4H3,(H,32,36)(H,33,35)(H,34,37)/t21-,24+/m1/s1. The first kappa shape index (κ1) is 32.1. The number of sulfone groups is 1. The first-order valence-corrected chi connectivity index (χ1v) is 16.4. The molecule has 3 N–H and O–H groups in total. The Morgan fingerprint density at radius 1 is 0.953 bits per heavy atom. The van der Waals surface area contributed by atoms with Crippen molar-refractivity contribution in [3.63, 3.8) is 0 Å². The van der Waals surface area contributed by atoms with Crippen molar-refractivity contribution < 1.29 is 32.2 Å². The zero-order chi connectivity index (χ0) is 31.1. The van der Waals surface area contributed by atoms with Crippen molar-refractivity contribution in [1.29, 1.82) is 0 Å². The molecule has 2 aliphatic rings. The molecule has 1 aliphatic heterocycles. The summed E-state index contributed by atoms with van der Waals surface area (Å²) in [7, 11) is 1.64. The summed E-state index contributed by atoms with van der Waals surface area (Å²) in [6.45, 7) is 1.99. The Morgan fingerprint density at radius 2 is 1.72 bits per heavy atom. The third-order valence-electron chi connectivity index (χ3n) is 7.91. The molecule has 2 aromatic rings. The van der Waals surface area contributed by atoms with Crippen molar-refractivity contribution in [2.45, 2.75) is 64.0 Å². The van der Waals surface area contributed by atoms with Crippen LogP contribution in [0, 0.1) is 0 Å². The Hall–Kier alpha value is -3.80. The molecule has 1 saturated heterocycles. The van der Waals surface area contributed by atoms with Gasteiger partial charge in [0.05, 0.1) is 44.6 Å². The highest BCUT2D eigenvalue weighted by Crippen LogP contribution is 2.50. The quantitative estimate of drug-likeness (QED) is 0.306. The van der Waals surface area contributed by atoms with E-state index in [0.717, 1.165) is 29.5 Å². The van der Waals surface area contributed by atoms with Crippen LogP contribution in [0.3, 0.4) is 0 Å². The number of unbranched alkanes of at least 4 members (excludes halogenated alkanes) is 2. The van der Waals surface area contributed by atoms with Gasteiger partial charge < -0.3 is 30.2 Å². The number of anilines is 1. The van der Waals surface area contributed by atoms with Gasteiger partial charge in [-0.25, -0.2) is 8.42 Å². The number of benzene rings is 1. The fourth-order valence-corrected chi connectivity index (χ4v) is 7.55. The van der Waals surface area contributed by atoms with Crippen LogP contribution in [0.5, 0.6) is 17.2 Å². The van der Waals surface area contributed by atoms with Gasteiger partial charge in [-0.1, -0.05) is 12.5 Å². The number of rotatable bonds is 12. The van der Waals surface area contributed by atoms with Crippen LogP contribution in [0.15, 0.2) is 29.1 Å². The third kappa shape index (κ3) is 7.78. The lowest BCUT2D eigenvalue weighted by atomic mass is 9.95. The Bertz CT molecular complexity index is 1530. The topological polar surface area (TPSA) is 149 Å². The summed E-state index contributed by atoms with van der Waals surface area (Å²) in [4.78, 5) is 37.7. The summed E-state index contributed by atoms with van der Waals surface area (Å²) in [6, 6.07) is 6.45. The van der Waals surface area contributed by atoms with E-state index in [0.29, 0.717) is 67.1 Å². The molecule has 11 nitrogen and oxygen atoms in total. The molecule has 0 spiro atoms. The average molecular weight is 616 g/mol. The van der Waals surface area contributed by atoms with Gasteiger partial charge in [-0.2, -0.15) is 0 Å². The van der Waals surface area contributed by atoms with Crippen LogP contribution in [0.25, 0.3) is 11.1 Å². The highest BCUT2D eigenvalue weighted by Gasteiger charge is 2.30. The number of carbonyl (C=O) groups is 2. The number of ether oxygens (including phenoxy) is 3. The largest absolute Gasteiger partial charge is 0.493 e. The molecule has 2 atom stereocenters. The van der Waals surface area contributed by atoms with E-state index in [1.54, 1.807) is 33.5 Å². The molecule has 1 heterocycles. The summed E-state index contributed by atoms with van der Waals surface area (Å²) < 4.78 is 40.2. The van der Waals surface area contributed by atoms with Crippen molar-refractivity contribution in [2.75, 3.05) is 44.7 Å². The summed E-state index contributed by atoms with van der Waals surface area (Å²) in [5.74, 6) is 1.30. The molecular formula is C31H41N3O8S. The van der Waals surface area contributed by atoms with Crippen molar-refractivity contribution in [3.05, 3.63) is 45.6 Å². The normalized spacial score (nSPS) is 18.4. The van der Waals surface area contributed by atoms with Gasteiger partial charge in [0.2, 0.25) is 23.0 Å². The Morgan fingerprint density at radius 3 is 2.37 bits per heavy atom. The zero-order valence-electron chi connectivity index (χ0n) is 25.2. The fraction of sp³-hybridized carbons (Fsp3) is 0.516. The van der Waals surface area contributed by atoms with E-state index in [-0.39, 0.29) is 40.8 Å². The van der Waals surface area contributed by atoms with Crippen LogP contribution < -0.4 is 35.6 Å². The van der Waals surface area contributed by atoms with Gasteiger partial charge in [-0.3, -0.25) is 14.4 Å². The van der Waals surface area contributed by atoms with E-state index >= 15 is 0 Å². The van der Waals surface area contributed by atoms with Gasteiger partial charge in [0.15, 0.2) is 21.3 Å². The number of fused-ring (bicyclic) bond motifs is 3. The van der Waals surface area contributed by atoms with Crippen LogP contribution >= 0.6 is 0 Å². The number of carbonyl (C=O) groups excluding carboxylic acids is 2. The minimum atomic E-state index is -3.03. The van der Waals surface area contributed by atoms with Gasteiger partial charge in [-0.05, 0) is 67.0 Å². The lowest BCUT2D eigenvalue weighted by Crippen LogP contribution is -2.35. The second kappa shape index (κ2) is 14.1. The number of amides is 2. The Kier molecular flexibility index (Phi) is 10.5. The van der Waals surface area contributed by atoms with Crippen molar-refractivity contribution >= 4 is 27.3 Å². The minimum Gasteiger partial charge on any atom is -0.493 e. The van der Waals surface area contributed by atoms with Gasteiger partial charge in [-0.15, -0.1) is 0 Å². The van der Waals surface area contributed by atoms with Crippen molar-refractivity contribution in [1.82, 2.24) is 10.6 Å². The molecule has 4 rings (SSSR count). The maximum atomic E-state index is 13.4. The first-order chi connectivity index (χ1) is 20.6. The monoisotopic (exact) mass is 615 g/mol. The molecule has 2 amide bonds. The highest BCUT2D eigenvalue weighted by atomic mass is 32.2. The fourth-order valence-electron chi connectivity index (χ4n) is 5.87. The predicted molar refractivity (Wildman–Crippen MR) is 165 cm³/mol. The number of hydrogen-bond acceptors (Lipinski definition) is 9. The second-order valence-electron chi connectivity index (χ2n) is 11.0. The molecule has 1 aliphatic carbocycles. The van der Waals surface area contributed by atoms with Crippen LogP contribution in [-0.4, -0.2) is 65.7 Å². The summed E-state index contributed by atoms with van der Waals surface area (Å²) in [5.41, 5.74) is 3.42. The molecule has 2 aromatic carbocycles. The molecule has 234 valence electrons. The summed E-state index contributed by atoms with van der Waals surface area (Å²) in [6.07, 6.45) is 4.17. The highest BCUT2D eigenvalue weighted by molar-refractivity contribution is 7.91. The molecule has 1 fully saturated rings. The number of methoxy groups -OCH3 is 3. The maximum absolute atomic E-state index is 13.4. The third-order valence-corrected chi connectivity index (χ3v) is 9.68. The van der Waals surface area contributed by atoms with E-state index in [1.807, 2.05) is 12.1 Å². The number of hydrogen-bond donors (Lipinski definition) is 3. The minimum absolute atomic E-state index is 0.0176. The van der Waals surface area contributed by atoms with E-state index in [2.05, 4.69) is 16.0 Å². The van der Waals surface area contributed by atoms with Crippen molar-refractivity contribution in [3.8, 4) is 28.4 Å².